The summed E-state index contributed by atoms with van der Waals surface area (Å²) in [5.74, 6) is 3.45. The van der Waals surface area contributed by atoms with E-state index in [9.17, 15) is 0 Å². The first kappa shape index (κ1) is 14.7. The second kappa shape index (κ2) is 6.69. The van der Waals surface area contributed by atoms with Crippen LogP contribution in [0.3, 0.4) is 0 Å². The van der Waals surface area contributed by atoms with Gasteiger partial charge in [0.1, 0.15) is 13.2 Å². The lowest BCUT2D eigenvalue weighted by Gasteiger charge is -2.27. The number of benzene rings is 1. The van der Waals surface area contributed by atoms with Crippen LogP contribution in [0.5, 0.6) is 11.5 Å². The summed E-state index contributed by atoms with van der Waals surface area (Å²) < 4.78 is 11.4. The van der Waals surface area contributed by atoms with Gasteiger partial charge in [0, 0.05) is 6.04 Å². The molecular formula is C18H27NO2. The average molecular weight is 289 g/mol. The Balaban J connectivity index is 1.80. The van der Waals surface area contributed by atoms with Crippen LogP contribution in [0, 0.1) is 11.8 Å². The van der Waals surface area contributed by atoms with E-state index in [1.54, 1.807) is 0 Å². The van der Waals surface area contributed by atoms with Crippen LogP contribution in [0.4, 0.5) is 0 Å². The zero-order valence-electron chi connectivity index (χ0n) is 13.2. The van der Waals surface area contributed by atoms with E-state index >= 15 is 0 Å². The highest BCUT2D eigenvalue weighted by Gasteiger charge is 2.31. The van der Waals surface area contributed by atoms with E-state index in [1.165, 1.54) is 31.2 Å². The number of hydrogen-bond acceptors (Lipinski definition) is 3. The van der Waals surface area contributed by atoms with Gasteiger partial charge in [-0.3, -0.25) is 0 Å². The Bertz CT molecular complexity index is 474. The molecule has 0 spiro atoms. The molecule has 3 rings (SSSR count). The molecule has 1 aromatic carbocycles. The summed E-state index contributed by atoms with van der Waals surface area (Å²) in [4.78, 5) is 0. The molecule has 116 valence electrons. The topological polar surface area (TPSA) is 30.5 Å². The van der Waals surface area contributed by atoms with Crippen LogP contribution in [0.2, 0.25) is 0 Å². The van der Waals surface area contributed by atoms with Gasteiger partial charge in [0.05, 0.1) is 0 Å². The molecule has 0 radical (unpaired) electrons. The number of hydrogen-bond donors (Lipinski definition) is 1. The zero-order chi connectivity index (χ0) is 14.7. The number of rotatable bonds is 5. The maximum Gasteiger partial charge on any atom is 0.161 e. The van der Waals surface area contributed by atoms with Crippen LogP contribution >= 0.6 is 0 Å². The van der Waals surface area contributed by atoms with Crippen molar-refractivity contribution in [2.24, 2.45) is 11.8 Å². The molecule has 1 aliphatic heterocycles. The quantitative estimate of drug-likeness (QED) is 0.890. The van der Waals surface area contributed by atoms with E-state index in [0.29, 0.717) is 19.3 Å². The van der Waals surface area contributed by atoms with Gasteiger partial charge in [-0.2, -0.15) is 0 Å². The van der Waals surface area contributed by atoms with Crippen molar-refractivity contribution >= 4 is 0 Å². The molecule has 0 bridgehead atoms. The molecule has 0 aromatic heterocycles. The lowest BCUT2D eigenvalue weighted by molar-refractivity contribution is 0.171. The van der Waals surface area contributed by atoms with Gasteiger partial charge in [0.25, 0.3) is 0 Å². The van der Waals surface area contributed by atoms with Gasteiger partial charge in [-0.15, -0.1) is 0 Å². The fourth-order valence-electron chi connectivity index (χ4n) is 3.82. The number of ether oxygens (including phenoxy) is 2. The van der Waals surface area contributed by atoms with Gasteiger partial charge in [0.15, 0.2) is 11.5 Å². The van der Waals surface area contributed by atoms with Gasteiger partial charge in [0.2, 0.25) is 0 Å². The molecule has 21 heavy (non-hydrogen) atoms. The summed E-state index contributed by atoms with van der Waals surface area (Å²) in [6, 6.07) is 6.91. The van der Waals surface area contributed by atoms with E-state index in [-0.39, 0.29) is 0 Å². The van der Waals surface area contributed by atoms with E-state index in [4.69, 9.17) is 9.47 Å². The van der Waals surface area contributed by atoms with E-state index in [2.05, 4.69) is 37.4 Å². The molecule has 1 heterocycles. The lowest BCUT2D eigenvalue weighted by atomic mass is 9.90. The van der Waals surface area contributed by atoms with Gasteiger partial charge in [-0.1, -0.05) is 32.8 Å². The Kier molecular flexibility index (Phi) is 4.69. The van der Waals surface area contributed by atoms with Crippen LogP contribution in [0.1, 0.15) is 51.1 Å². The van der Waals surface area contributed by atoms with Crippen molar-refractivity contribution in [2.75, 3.05) is 19.8 Å². The van der Waals surface area contributed by atoms with Gasteiger partial charge < -0.3 is 14.8 Å². The predicted octanol–water partition coefficient (Wildman–Crippen LogP) is 3.93. The molecule has 1 fully saturated rings. The highest BCUT2D eigenvalue weighted by atomic mass is 16.6. The Labute approximate surface area is 128 Å². The zero-order valence-corrected chi connectivity index (χ0v) is 13.2. The number of fused-ring (bicyclic) bond motifs is 1. The summed E-state index contributed by atoms with van der Waals surface area (Å²) in [6.45, 7) is 6.83. The van der Waals surface area contributed by atoms with E-state index in [0.717, 1.165) is 29.9 Å². The predicted molar refractivity (Wildman–Crippen MR) is 85.0 cm³/mol. The van der Waals surface area contributed by atoms with Crippen molar-refractivity contribution in [3.8, 4) is 11.5 Å². The third-order valence-corrected chi connectivity index (χ3v) is 4.98. The van der Waals surface area contributed by atoms with Gasteiger partial charge in [-0.05, 0) is 48.9 Å². The third-order valence-electron chi connectivity index (χ3n) is 4.98. The summed E-state index contributed by atoms with van der Waals surface area (Å²) in [6.07, 6.45) is 5.39. The molecule has 3 heteroatoms. The van der Waals surface area contributed by atoms with Crippen molar-refractivity contribution in [3.63, 3.8) is 0 Å². The number of nitrogens with one attached hydrogen (secondary N) is 1. The van der Waals surface area contributed by atoms with Crippen molar-refractivity contribution in [1.82, 2.24) is 5.32 Å². The van der Waals surface area contributed by atoms with Crippen molar-refractivity contribution < 1.29 is 9.47 Å². The molecule has 2 aliphatic rings. The molecule has 3 unspecified atom stereocenters. The Hall–Kier alpha value is -1.22. The monoisotopic (exact) mass is 289 g/mol. The molecular weight excluding hydrogens is 262 g/mol. The van der Waals surface area contributed by atoms with Gasteiger partial charge in [-0.25, -0.2) is 0 Å². The summed E-state index contributed by atoms with van der Waals surface area (Å²) >= 11 is 0. The minimum absolute atomic E-state index is 0.447. The third kappa shape index (κ3) is 3.18. The van der Waals surface area contributed by atoms with Crippen molar-refractivity contribution in [3.05, 3.63) is 23.8 Å². The fraction of sp³-hybridized carbons (Fsp3) is 0.667. The second-order valence-electron chi connectivity index (χ2n) is 6.29. The minimum atomic E-state index is 0.447. The first-order valence-electron chi connectivity index (χ1n) is 8.44. The van der Waals surface area contributed by atoms with Crippen LogP contribution in [0.15, 0.2) is 18.2 Å². The first-order chi connectivity index (χ1) is 10.3. The smallest absolute Gasteiger partial charge is 0.161 e. The molecule has 1 aliphatic carbocycles. The second-order valence-corrected chi connectivity index (χ2v) is 6.29. The Morgan fingerprint density at radius 2 is 1.95 bits per heavy atom. The highest BCUT2D eigenvalue weighted by Crippen LogP contribution is 2.42. The SMILES string of the molecule is CCNC(c1ccc2c(c1)OCCO2)C1CCC(CC)C1. The molecule has 0 saturated heterocycles. The standard InChI is InChI=1S/C18H27NO2/c1-3-13-5-6-14(11-13)18(19-4-2)15-7-8-16-17(12-15)21-10-9-20-16/h7-8,12-14,18-19H,3-6,9-11H2,1-2H3. The summed E-state index contributed by atoms with van der Waals surface area (Å²) in [5.41, 5.74) is 1.35. The normalized spacial score (nSPS) is 25.8. The molecule has 1 N–H and O–H groups in total. The largest absolute Gasteiger partial charge is 0.486 e. The average Bonchev–Trinajstić information content (AvgIpc) is 3.01. The van der Waals surface area contributed by atoms with Crippen LogP contribution in [0.25, 0.3) is 0 Å². The summed E-state index contributed by atoms with van der Waals surface area (Å²) in [7, 11) is 0. The van der Waals surface area contributed by atoms with Crippen LogP contribution in [-0.2, 0) is 0 Å². The molecule has 0 amide bonds. The summed E-state index contributed by atoms with van der Waals surface area (Å²) in [5, 5.41) is 3.70. The maximum absolute atomic E-state index is 5.74. The van der Waals surface area contributed by atoms with Crippen LogP contribution < -0.4 is 14.8 Å². The first-order valence-corrected chi connectivity index (χ1v) is 8.44. The van der Waals surface area contributed by atoms with E-state index in [1.807, 2.05) is 0 Å². The van der Waals surface area contributed by atoms with Gasteiger partial charge >= 0.3 is 0 Å². The maximum atomic E-state index is 5.74. The molecule has 1 saturated carbocycles. The van der Waals surface area contributed by atoms with E-state index < -0.39 is 0 Å². The lowest BCUT2D eigenvalue weighted by Crippen LogP contribution is -2.27. The van der Waals surface area contributed by atoms with Crippen molar-refractivity contribution in [2.45, 2.75) is 45.6 Å². The van der Waals surface area contributed by atoms with Crippen molar-refractivity contribution in [1.29, 1.82) is 0 Å². The Morgan fingerprint density at radius 1 is 1.14 bits per heavy atom. The molecule has 3 atom stereocenters. The molecule has 1 aromatic rings. The van der Waals surface area contributed by atoms with Crippen LogP contribution in [-0.4, -0.2) is 19.8 Å². The highest BCUT2D eigenvalue weighted by molar-refractivity contribution is 5.44. The fourth-order valence-corrected chi connectivity index (χ4v) is 3.82. The molecule has 3 nitrogen and oxygen atoms in total. The minimum Gasteiger partial charge on any atom is -0.486 e. The Morgan fingerprint density at radius 3 is 2.67 bits per heavy atom.